The van der Waals surface area contributed by atoms with Crippen LogP contribution in [-0.4, -0.2) is 40.3 Å². The molecule has 1 aromatic heterocycles. The van der Waals surface area contributed by atoms with Gasteiger partial charge in [0, 0.05) is 36.5 Å². The minimum atomic E-state index is -0.348. The number of nitrogens with one attached hydrogen (secondary N) is 2. The van der Waals surface area contributed by atoms with Crippen LogP contribution in [0.4, 0.5) is 5.82 Å². The average Bonchev–Trinajstić information content (AvgIpc) is 3.20. The van der Waals surface area contributed by atoms with Crippen LogP contribution < -0.4 is 10.6 Å². The number of anilines is 1. The zero-order valence-corrected chi connectivity index (χ0v) is 19.9. The van der Waals surface area contributed by atoms with Crippen molar-refractivity contribution in [3.63, 3.8) is 0 Å². The molecule has 0 atom stereocenters. The fourth-order valence-electron chi connectivity index (χ4n) is 3.78. The number of benzene rings is 2. The maximum atomic E-state index is 13.2. The summed E-state index contributed by atoms with van der Waals surface area (Å²) >= 11 is 6.03. The van der Waals surface area contributed by atoms with E-state index in [1.165, 1.54) is 4.68 Å². The summed E-state index contributed by atoms with van der Waals surface area (Å²) < 4.78 is 1.52. The number of hydrogen-bond donors (Lipinski definition) is 2. The van der Waals surface area contributed by atoms with Crippen LogP contribution in [0.2, 0.25) is 5.02 Å². The third-order valence-electron chi connectivity index (χ3n) is 5.86. The number of ketones is 2. The van der Waals surface area contributed by atoms with Crippen molar-refractivity contribution < 1.29 is 14.4 Å². The Labute approximate surface area is 207 Å². The lowest BCUT2D eigenvalue weighted by Gasteiger charge is -2.22. The van der Waals surface area contributed by atoms with Gasteiger partial charge in [0.05, 0.1) is 11.6 Å². The fourth-order valence-corrected chi connectivity index (χ4v) is 3.91. The summed E-state index contributed by atoms with van der Waals surface area (Å²) in [4.78, 5) is 36.3. The molecule has 0 unspecified atom stereocenters. The first kappa shape index (κ1) is 24.2. The highest BCUT2D eigenvalue weighted by Crippen LogP contribution is 2.26. The van der Waals surface area contributed by atoms with Crippen LogP contribution in [-0.2, 0) is 9.59 Å². The van der Waals surface area contributed by atoms with Crippen molar-refractivity contribution in [3.05, 3.63) is 75.9 Å². The molecule has 0 radical (unpaired) electrons. The molecular weight excluding hydrogens is 466 g/mol. The topological polar surface area (TPSA) is 117 Å². The SMILES string of the molecule is Cc1ccc(C(=O)c2nn(-c3ccc(Cl)cc3)c(NCCCNC(=O)C3CC(=O)C3)c2C#N)cc1. The predicted octanol–water partition coefficient (Wildman–Crippen LogP) is 3.83. The van der Waals surface area contributed by atoms with E-state index in [4.69, 9.17) is 11.6 Å². The van der Waals surface area contributed by atoms with E-state index in [2.05, 4.69) is 21.8 Å². The van der Waals surface area contributed by atoms with Crippen LogP contribution in [0, 0.1) is 24.2 Å². The maximum Gasteiger partial charge on any atom is 0.224 e. The van der Waals surface area contributed by atoms with Gasteiger partial charge in [-0.2, -0.15) is 10.4 Å². The smallest absolute Gasteiger partial charge is 0.224 e. The van der Waals surface area contributed by atoms with Gasteiger partial charge in [0.1, 0.15) is 23.2 Å². The van der Waals surface area contributed by atoms with Gasteiger partial charge in [-0.1, -0.05) is 41.4 Å². The van der Waals surface area contributed by atoms with Gasteiger partial charge in [-0.25, -0.2) is 4.68 Å². The van der Waals surface area contributed by atoms with Gasteiger partial charge < -0.3 is 10.6 Å². The fraction of sp³-hybridized carbons (Fsp3) is 0.269. The largest absolute Gasteiger partial charge is 0.369 e. The summed E-state index contributed by atoms with van der Waals surface area (Å²) in [5.74, 6) is -0.176. The second-order valence-electron chi connectivity index (χ2n) is 8.48. The molecule has 178 valence electrons. The first-order chi connectivity index (χ1) is 16.9. The lowest BCUT2D eigenvalue weighted by molar-refractivity contribution is -0.137. The molecule has 1 aliphatic carbocycles. The summed E-state index contributed by atoms with van der Waals surface area (Å²) in [6.07, 6.45) is 1.20. The Morgan fingerprint density at radius 2 is 1.80 bits per heavy atom. The van der Waals surface area contributed by atoms with E-state index in [0.29, 0.717) is 54.4 Å². The highest BCUT2D eigenvalue weighted by atomic mass is 35.5. The molecule has 35 heavy (non-hydrogen) atoms. The van der Waals surface area contributed by atoms with Crippen molar-refractivity contribution in [2.45, 2.75) is 26.2 Å². The molecule has 4 rings (SSSR count). The molecule has 9 heteroatoms. The minimum absolute atomic E-state index is 0.0526. The number of aryl methyl sites for hydroxylation is 1. The standard InChI is InChI=1S/C26H24ClN5O3/c1-16-3-5-17(6-4-16)24(34)23-22(15-28)25(32(31-23)20-9-7-19(27)8-10-20)29-11-2-12-30-26(35)18-13-21(33)14-18/h3-10,18,29H,2,11-14H2,1H3,(H,30,35). The Hall–Kier alpha value is -3.96. The molecule has 2 aromatic carbocycles. The second-order valence-corrected chi connectivity index (χ2v) is 8.92. The van der Waals surface area contributed by atoms with Gasteiger partial charge in [0.15, 0.2) is 5.69 Å². The van der Waals surface area contributed by atoms with E-state index in [-0.39, 0.29) is 34.6 Å². The number of hydrogen-bond acceptors (Lipinski definition) is 6. The lowest BCUT2D eigenvalue weighted by Crippen LogP contribution is -2.39. The van der Waals surface area contributed by atoms with Crippen LogP contribution in [0.5, 0.6) is 0 Å². The minimum Gasteiger partial charge on any atom is -0.369 e. The Balaban J connectivity index is 1.54. The number of nitriles is 1. The van der Waals surface area contributed by atoms with E-state index in [9.17, 15) is 19.6 Å². The molecular formula is C26H24ClN5O3. The molecule has 1 saturated carbocycles. The summed E-state index contributed by atoms with van der Waals surface area (Å²) in [7, 11) is 0. The average molecular weight is 490 g/mol. The number of amides is 1. The molecule has 1 fully saturated rings. The van der Waals surface area contributed by atoms with Crippen LogP contribution in [0.15, 0.2) is 48.5 Å². The predicted molar refractivity (Wildman–Crippen MR) is 132 cm³/mol. The highest BCUT2D eigenvalue weighted by molar-refractivity contribution is 6.30. The van der Waals surface area contributed by atoms with E-state index >= 15 is 0 Å². The third-order valence-corrected chi connectivity index (χ3v) is 6.11. The van der Waals surface area contributed by atoms with Crippen molar-refractivity contribution in [2.75, 3.05) is 18.4 Å². The quantitative estimate of drug-likeness (QED) is 0.348. The molecule has 1 amide bonds. The number of nitrogens with zero attached hydrogens (tertiary/aromatic N) is 3. The van der Waals surface area contributed by atoms with Gasteiger partial charge in [-0.15, -0.1) is 0 Å². The summed E-state index contributed by atoms with van der Waals surface area (Å²) in [5, 5.41) is 21.0. The van der Waals surface area contributed by atoms with E-state index in [1.807, 2.05) is 19.1 Å². The van der Waals surface area contributed by atoms with E-state index in [0.717, 1.165) is 5.56 Å². The third kappa shape index (κ3) is 5.42. The van der Waals surface area contributed by atoms with Crippen molar-refractivity contribution in [2.24, 2.45) is 5.92 Å². The van der Waals surface area contributed by atoms with E-state index in [1.54, 1.807) is 36.4 Å². The first-order valence-electron chi connectivity index (χ1n) is 11.3. The Morgan fingerprint density at radius 1 is 1.11 bits per heavy atom. The summed E-state index contributed by atoms with van der Waals surface area (Å²) in [5.41, 5.74) is 2.29. The monoisotopic (exact) mass is 489 g/mol. The van der Waals surface area contributed by atoms with Crippen molar-refractivity contribution in [1.29, 1.82) is 5.26 Å². The highest BCUT2D eigenvalue weighted by Gasteiger charge is 2.32. The van der Waals surface area contributed by atoms with Gasteiger partial charge in [0.2, 0.25) is 11.7 Å². The van der Waals surface area contributed by atoms with Crippen LogP contribution in [0.1, 0.15) is 46.4 Å². The molecule has 0 aliphatic heterocycles. The molecule has 3 aromatic rings. The molecule has 1 aliphatic rings. The normalized spacial score (nSPS) is 13.1. The molecule has 8 nitrogen and oxygen atoms in total. The molecule has 1 heterocycles. The van der Waals surface area contributed by atoms with Gasteiger partial charge in [0.25, 0.3) is 0 Å². The summed E-state index contributed by atoms with van der Waals surface area (Å²) in [6, 6.07) is 16.1. The molecule has 2 N–H and O–H groups in total. The van der Waals surface area contributed by atoms with Crippen molar-refractivity contribution in [3.8, 4) is 11.8 Å². The summed E-state index contributed by atoms with van der Waals surface area (Å²) in [6.45, 7) is 2.78. The van der Waals surface area contributed by atoms with Crippen LogP contribution >= 0.6 is 11.6 Å². The Morgan fingerprint density at radius 3 is 2.43 bits per heavy atom. The number of carbonyl (C=O) groups excluding carboxylic acids is 3. The lowest BCUT2D eigenvalue weighted by atomic mass is 9.83. The van der Waals surface area contributed by atoms with Gasteiger partial charge in [-0.3, -0.25) is 14.4 Å². The Bertz CT molecular complexity index is 1300. The van der Waals surface area contributed by atoms with Crippen molar-refractivity contribution in [1.82, 2.24) is 15.1 Å². The molecule has 0 spiro atoms. The number of Topliss-reactive ketones (excluding diaryl/α,β-unsaturated/α-hetero) is 1. The zero-order valence-electron chi connectivity index (χ0n) is 19.2. The zero-order chi connectivity index (χ0) is 24.9. The number of rotatable bonds is 9. The number of carbonyl (C=O) groups is 3. The first-order valence-corrected chi connectivity index (χ1v) is 11.7. The second kappa shape index (κ2) is 10.5. The van der Waals surface area contributed by atoms with Gasteiger partial charge in [-0.05, 0) is 37.6 Å². The Kier molecular flexibility index (Phi) is 7.28. The molecule has 0 bridgehead atoms. The van der Waals surface area contributed by atoms with Crippen molar-refractivity contribution >= 4 is 34.9 Å². The van der Waals surface area contributed by atoms with Gasteiger partial charge >= 0.3 is 0 Å². The molecule has 0 saturated heterocycles. The van der Waals surface area contributed by atoms with Crippen LogP contribution in [0.25, 0.3) is 5.69 Å². The maximum absolute atomic E-state index is 13.2. The van der Waals surface area contributed by atoms with Crippen LogP contribution in [0.3, 0.4) is 0 Å². The number of aromatic nitrogens is 2. The van der Waals surface area contributed by atoms with E-state index < -0.39 is 0 Å². The number of halogens is 1.